The minimum atomic E-state index is -0.322. The average Bonchev–Trinajstić information content (AvgIpc) is 2.79. The van der Waals surface area contributed by atoms with Crippen LogP contribution in [0, 0.1) is 6.92 Å². The number of halogens is 1. The molecule has 1 aromatic rings. The average molecular weight is 311 g/mol. The van der Waals surface area contributed by atoms with E-state index in [-0.39, 0.29) is 12.0 Å². The van der Waals surface area contributed by atoms with Gasteiger partial charge in [0.2, 0.25) is 5.91 Å². The van der Waals surface area contributed by atoms with Gasteiger partial charge in [-0.15, -0.1) is 0 Å². The summed E-state index contributed by atoms with van der Waals surface area (Å²) in [6.45, 7) is 5.02. The Labute approximate surface area is 131 Å². The quantitative estimate of drug-likeness (QED) is 0.879. The lowest BCUT2D eigenvalue weighted by Crippen LogP contribution is -2.38. The number of carbonyl (C=O) groups is 1. The molecule has 5 heteroatoms. The van der Waals surface area contributed by atoms with Gasteiger partial charge < -0.3 is 10.4 Å². The summed E-state index contributed by atoms with van der Waals surface area (Å²) in [5, 5.41) is 13.1. The van der Waals surface area contributed by atoms with Crippen LogP contribution >= 0.6 is 11.6 Å². The predicted octanol–water partition coefficient (Wildman–Crippen LogP) is 2.82. The Kier molecular flexibility index (Phi) is 5.62. The van der Waals surface area contributed by atoms with Crippen molar-refractivity contribution >= 4 is 23.2 Å². The number of benzene rings is 1. The molecule has 2 unspecified atom stereocenters. The molecule has 1 heterocycles. The van der Waals surface area contributed by atoms with Crippen LogP contribution in [0.5, 0.6) is 0 Å². The second kappa shape index (κ2) is 7.25. The van der Waals surface area contributed by atoms with E-state index in [9.17, 15) is 9.90 Å². The summed E-state index contributed by atoms with van der Waals surface area (Å²) in [6, 6.07) is 5.74. The number of nitrogens with zero attached hydrogens (tertiary/aromatic N) is 1. The van der Waals surface area contributed by atoms with Gasteiger partial charge in [-0.05, 0) is 63.4 Å². The highest BCUT2D eigenvalue weighted by atomic mass is 35.5. The van der Waals surface area contributed by atoms with E-state index in [0.717, 1.165) is 37.1 Å². The fraction of sp³-hybridized carbons (Fsp3) is 0.562. The number of rotatable bonds is 5. The summed E-state index contributed by atoms with van der Waals surface area (Å²) in [5.74, 6) is -0.0158. The topological polar surface area (TPSA) is 52.6 Å². The Balaban J connectivity index is 1.92. The van der Waals surface area contributed by atoms with Crippen molar-refractivity contribution in [1.29, 1.82) is 0 Å². The molecule has 0 radical (unpaired) electrons. The number of carbonyl (C=O) groups excluding carboxylic acids is 1. The first kappa shape index (κ1) is 16.3. The number of aliphatic hydroxyl groups excluding tert-OH is 1. The van der Waals surface area contributed by atoms with E-state index in [2.05, 4.69) is 10.2 Å². The standard InChI is InChI=1S/C16H23ClN2O2/c1-11-8-13(17)5-6-15(11)18-16(21)10-19-7-3-4-14(19)9-12(2)20/h5-6,8,12,14,20H,3-4,7,9-10H2,1-2H3,(H,18,21). The van der Waals surface area contributed by atoms with Crippen molar-refractivity contribution in [3.8, 4) is 0 Å². The van der Waals surface area contributed by atoms with Gasteiger partial charge in [-0.3, -0.25) is 9.69 Å². The highest BCUT2D eigenvalue weighted by Gasteiger charge is 2.27. The number of hydrogen-bond acceptors (Lipinski definition) is 3. The normalized spacial score (nSPS) is 20.5. The number of likely N-dealkylation sites (tertiary alicyclic amines) is 1. The van der Waals surface area contributed by atoms with Crippen LogP contribution in [-0.2, 0) is 4.79 Å². The van der Waals surface area contributed by atoms with Crippen molar-refractivity contribution in [2.24, 2.45) is 0 Å². The first-order chi connectivity index (χ1) is 9.95. The van der Waals surface area contributed by atoms with Gasteiger partial charge in [-0.25, -0.2) is 0 Å². The molecular weight excluding hydrogens is 288 g/mol. The second-order valence-corrected chi connectivity index (χ2v) is 6.30. The van der Waals surface area contributed by atoms with Gasteiger partial charge in [-0.2, -0.15) is 0 Å². The molecule has 2 rings (SSSR count). The Bertz CT molecular complexity index is 505. The molecule has 0 spiro atoms. The molecule has 1 amide bonds. The highest BCUT2D eigenvalue weighted by molar-refractivity contribution is 6.30. The number of nitrogens with one attached hydrogen (secondary N) is 1. The monoisotopic (exact) mass is 310 g/mol. The van der Waals surface area contributed by atoms with Crippen molar-refractivity contribution in [1.82, 2.24) is 4.90 Å². The molecule has 0 bridgehead atoms. The number of anilines is 1. The Hall–Kier alpha value is -1.10. The van der Waals surface area contributed by atoms with Crippen molar-refractivity contribution in [3.63, 3.8) is 0 Å². The lowest BCUT2D eigenvalue weighted by Gasteiger charge is -2.25. The first-order valence-electron chi connectivity index (χ1n) is 7.44. The summed E-state index contributed by atoms with van der Waals surface area (Å²) >= 11 is 5.91. The van der Waals surface area contributed by atoms with Crippen LogP contribution in [-0.4, -0.2) is 41.1 Å². The summed E-state index contributed by atoms with van der Waals surface area (Å²) in [5.41, 5.74) is 1.76. The van der Waals surface area contributed by atoms with Crippen LogP contribution in [0.2, 0.25) is 5.02 Å². The predicted molar refractivity (Wildman–Crippen MR) is 85.7 cm³/mol. The smallest absolute Gasteiger partial charge is 0.238 e. The molecule has 1 fully saturated rings. The molecule has 0 aliphatic carbocycles. The van der Waals surface area contributed by atoms with Gasteiger partial charge in [-0.1, -0.05) is 11.6 Å². The minimum Gasteiger partial charge on any atom is -0.393 e. The zero-order valence-electron chi connectivity index (χ0n) is 12.6. The number of amides is 1. The molecule has 2 N–H and O–H groups in total. The van der Waals surface area contributed by atoms with Crippen molar-refractivity contribution < 1.29 is 9.90 Å². The van der Waals surface area contributed by atoms with Crippen LogP contribution in [0.3, 0.4) is 0 Å². The van der Waals surface area contributed by atoms with Crippen LogP contribution < -0.4 is 5.32 Å². The Morgan fingerprint density at radius 1 is 1.57 bits per heavy atom. The fourth-order valence-corrected chi connectivity index (χ4v) is 3.13. The van der Waals surface area contributed by atoms with Gasteiger partial charge in [0.25, 0.3) is 0 Å². The van der Waals surface area contributed by atoms with E-state index in [0.29, 0.717) is 17.6 Å². The summed E-state index contributed by atoms with van der Waals surface area (Å²) < 4.78 is 0. The highest BCUT2D eigenvalue weighted by Crippen LogP contribution is 2.22. The largest absolute Gasteiger partial charge is 0.393 e. The van der Waals surface area contributed by atoms with Crippen molar-refractivity contribution in [3.05, 3.63) is 28.8 Å². The lowest BCUT2D eigenvalue weighted by molar-refractivity contribution is -0.117. The maximum Gasteiger partial charge on any atom is 0.238 e. The number of aryl methyl sites for hydroxylation is 1. The molecule has 0 saturated carbocycles. The maximum atomic E-state index is 12.2. The van der Waals surface area contributed by atoms with E-state index in [1.807, 2.05) is 19.1 Å². The SMILES string of the molecule is Cc1cc(Cl)ccc1NC(=O)CN1CCCC1CC(C)O. The van der Waals surface area contributed by atoms with Crippen LogP contribution in [0.15, 0.2) is 18.2 Å². The van der Waals surface area contributed by atoms with Gasteiger partial charge in [0.05, 0.1) is 12.6 Å². The lowest BCUT2D eigenvalue weighted by atomic mass is 10.1. The molecule has 116 valence electrons. The van der Waals surface area contributed by atoms with E-state index < -0.39 is 0 Å². The Morgan fingerprint density at radius 2 is 2.33 bits per heavy atom. The van der Waals surface area contributed by atoms with Gasteiger partial charge >= 0.3 is 0 Å². The third-order valence-corrected chi connectivity index (χ3v) is 4.16. The fourth-order valence-electron chi connectivity index (χ4n) is 2.91. The van der Waals surface area contributed by atoms with E-state index in [4.69, 9.17) is 11.6 Å². The molecule has 21 heavy (non-hydrogen) atoms. The minimum absolute atomic E-state index is 0.0158. The van der Waals surface area contributed by atoms with E-state index in [1.54, 1.807) is 13.0 Å². The molecule has 1 aromatic carbocycles. The third-order valence-electron chi connectivity index (χ3n) is 3.92. The molecule has 1 saturated heterocycles. The van der Waals surface area contributed by atoms with Crippen LogP contribution in [0.25, 0.3) is 0 Å². The number of aliphatic hydroxyl groups is 1. The Morgan fingerprint density at radius 3 is 3.00 bits per heavy atom. The summed E-state index contributed by atoms with van der Waals surface area (Å²) in [4.78, 5) is 14.3. The van der Waals surface area contributed by atoms with Crippen LogP contribution in [0.1, 0.15) is 31.7 Å². The van der Waals surface area contributed by atoms with Crippen molar-refractivity contribution in [2.45, 2.75) is 45.3 Å². The van der Waals surface area contributed by atoms with E-state index >= 15 is 0 Å². The number of hydrogen-bond donors (Lipinski definition) is 2. The summed E-state index contributed by atoms with van der Waals surface area (Å²) in [7, 11) is 0. The second-order valence-electron chi connectivity index (χ2n) is 5.86. The third kappa shape index (κ3) is 4.70. The van der Waals surface area contributed by atoms with Gasteiger partial charge in [0.1, 0.15) is 0 Å². The molecular formula is C16H23ClN2O2. The molecule has 1 aliphatic rings. The van der Waals surface area contributed by atoms with Gasteiger partial charge in [0, 0.05) is 16.8 Å². The molecule has 1 aliphatic heterocycles. The van der Waals surface area contributed by atoms with E-state index in [1.165, 1.54) is 0 Å². The maximum absolute atomic E-state index is 12.2. The van der Waals surface area contributed by atoms with Gasteiger partial charge in [0.15, 0.2) is 0 Å². The summed E-state index contributed by atoms with van der Waals surface area (Å²) in [6.07, 6.45) is 2.55. The molecule has 0 aromatic heterocycles. The first-order valence-corrected chi connectivity index (χ1v) is 7.81. The zero-order chi connectivity index (χ0) is 15.4. The molecule has 2 atom stereocenters. The van der Waals surface area contributed by atoms with Crippen molar-refractivity contribution in [2.75, 3.05) is 18.4 Å². The zero-order valence-corrected chi connectivity index (χ0v) is 13.4. The van der Waals surface area contributed by atoms with Crippen LogP contribution in [0.4, 0.5) is 5.69 Å². The molecule has 4 nitrogen and oxygen atoms in total.